The van der Waals surface area contributed by atoms with Crippen molar-refractivity contribution in [3.8, 4) is 0 Å². The van der Waals surface area contributed by atoms with E-state index in [1.807, 2.05) is 51.2 Å². The second-order valence-electron chi connectivity index (χ2n) is 19.8. The fraction of sp³-hybridized carbons (Fsp3) is 0.725. The highest BCUT2D eigenvalue weighted by molar-refractivity contribution is 6.39. The number of esters is 1. The monoisotopic (exact) mass is 952 g/mol. The molecule has 0 aromatic carbocycles. The van der Waals surface area contributed by atoms with Crippen molar-refractivity contribution in [1.82, 2.24) is 25.1 Å². The van der Waals surface area contributed by atoms with E-state index in [2.05, 4.69) is 15.5 Å². The van der Waals surface area contributed by atoms with Crippen molar-refractivity contribution in [1.29, 1.82) is 0 Å². The van der Waals surface area contributed by atoms with Gasteiger partial charge in [-0.25, -0.2) is 9.48 Å². The topological polar surface area (TPSA) is 219 Å². The van der Waals surface area contributed by atoms with Gasteiger partial charge in [-0.2, -0.15) is 0 Å². The number of fused-ring (bicyclic) bond motifs is 3. The van der Waals surface area contributed by atoms with E-state index in [1.165, 1.54) is 12.0 Å². The van der Waals surface area contributed by atoms with Crippen LogP contribution in [0.15, 0.2) is 53.9 Å². The molecule has 1 amide bonds. The van der Waals surface area contributed by atoms with E-state index in [-0.39, 0.29) is 54.9 Å². The number of amides is 1. The third-order valence-corrected chi connectivity index (χ3v) is 14.8. The van der Waals surface area contributed by atoms with Gasteiger partial charge in [-0.1, -0.05) is 64.2 Å². The number of hydrogen-bond donors (Lipinski definition) is 2. The van der Waals surface area contributed by atoms with E-state index in [1.54, 1.807) is 52.1 Å². The molecule has 1 saturated carbocycles. The standard InChI is InChI=1S/C51H77N5O12/c1-31-15-11-10-12-16-32(2)43(64-7)29-39-21-18-36(6)51(63,68-39)48(60)49(61)55-24-14-13-17-41(55)50(62)67-38(22-19-37-20-23-40(44(27-37)65-8)56-30-52-53-54-56)28-42(57)33(3)26-35(5)46(59)47(66-9)45(58)34(4)25-31/h10-12,15-16,26,30-31,33-34,36-41,43-44,46-47,59,63H,13-14,17-25,27-29H2,1-9H3/b12-10+,15-11+,32-16+,35-26+/t31-,33-,34-,36-,37-,38-,39+,40+,41+,43+,44-,46-,47+,51-/m1/s1. The van der Waals surface area contributed by atoms with E-state index in [4.69, 9.17) is 23.7 Å². The summed E-state index contributed by atoms with van der Waals surface area (Å²) in [6.07, 6.45) is 14.4. The third-order valence-electron chi connectivity index (χ3n) is 14.8. The maximum Gasteiger partial charge on any atom is 0.329 e. The quantitative estimate of drug-likeness (QED) is 0.188. The summed E-state index contributed by atoms with van der Waals surface area (Å²) in [7, 11) is 4.61. The Morgan fingerprint density at radius 1 is 0.853 bits per heavy atom. The Balaban J connectivity index is 1.44. The Morgan fingerprint density at radius 3 is 2.31 bits per heavy atom. The van der Waals surface area contributed by atoms with Gasteiger partial charge in [-0.15, -0.1) is 5.10 Å². The van der Waals surface area contributed by atoms with Crippen molar-refractivity contribution in [2.24, 2.45) is 29.6 Å². The maximum absolute atomic E-state index is 14.4. The molecule has 17 nitrogen and oxygen atoms in total. The third kappa shape index (κ3) is 14.0. The van der Waals surface area contributed by atoms with Crippen molar-refractivity contribution in [2.75, 3.05) is 27.9 Å². The first kappa shape index (κ1) is 54.7. The van der Waals surface area contributed by atoms with E-state index < -0.39 is 77.8 Å². The first-order valence-corrected chi connectivity index (χ1v) is 24.6. The van der Waals surface area contributed by atoms with Gasteiger partial charge < -0.3 is 38.8 Å². The van der Waals surface area contributed by atoms with Crippen LogP contribution < -0.4 is 0 Å². The average Bonchev–Trinajstić information content (AvgIpc) is 3.87. The highest BCUT2D eigenvalue weighted by Crippen LogP contribution is 2.38. The van der Waals surface area contributed by atoms with Gasteiger partial charge in [0.15, 0.2) is 5.78 Å². The van der Waals surface area contributed by atoms with Crippen LogP contribution in [-0.2, 0) is 47.7 Å². The number of Topliss-reactive ketones (excluding diaryl/α,β-unsaturated/α-hetero) is 3. The molecule has 1 aromatic rings. The predicted molar refractivity (Wildman–Crippen MR) is 251 cm³/mol. The van der Waals surface area contributed by atoms with Crippen LogP contribution in [0, 0.1) is 29.6 Å². The number of hydrogen-bond acceptors (Lipinski definition) is 15. The number of tetrazole rings is 1. The van der Waals surface area contributed by atoms with Crippen LogP contribution in [0.4, 0.5) is 0 Å². The molecule has 4 heterocycles. The van der Waals surface area contributed by atoms with Gasteiger partial charge >= 0.3 is 5.97 Å². The number of piperidine rings is 1. The molecule has 3 fully saturated rings. The molecule has 4 aliphatic rings. The fourth-order valence-electron chi connectivity index (χ4n) is 10.4. The van der Waals surface area contributed by atoms with Crippen molar-refractivity contribution >= 4 is 29.2 Å². The van der Waals surface area contributed by atoms with Crippen LogP contribution in [0.5, 0.6) is 0 Å². The average molecular weight is 952 g/mol. The number of allylic oxidation sites excluding steroid dienone is 6. The number of carbonyl (C=O) groups excluding carboxylic acids is 5. The first-order chi connectivity index (χ1) is 32.4. The van der Waals surface area contributed by atoms with Gasteiger partial charge in [0.25, 0.3) is 11.7 Å². The zero-order valence-corrected chi connectivity index (χ0v) is 41.7. The van der Waals surface area contributed by atoms with Crippen molar-refractivity contribution < 1.29 is 57.9 Å². The second kappa shape index (κ2) is 25.6. The van der Waals surface area contributed by atoms with Gasteiger partial charge in [-0.05, 0) is 118 Å². The van der Waals surface area contributed by atoms with Gasteiger partial charge in [0, 0.05) is 58.5 Å². The van der Waals surface area contributed by atoms with E-state index in [9.17, 15) is 34.2 Å². The zero-order valence-electron chi connectivity index (χ0n) is 41.7. The highest BCUT2D eigenvalue weighted by Gasteiger charge is 2.53. The van der Waals surface area contributed by atoms with Crippen LogP contribution in [0.3, 0.4) is 0 Å². The summed E-state index contributed by atoms with van der Waals surface area (Å²) in [5.74, 6) is -7.53. The Kier molecular flexibility index (Phi) is 20.5. The van der Waals surface area contributed by atoms with Crippen LogP contribution in [0.25, 0.3) is 0 Å². The van der Waals surface area contributed by atoms with Crippen molar-refractivity contribution in [3.05, 3.63) is 53.9 Å². The van der Waals surface area contributed by atoms with Gasteiger partial charge in [0.2, 0.25) is 5.79 Å². The molecule has 2 N–H and O–H groups in total. The Hall–Kier alpha value is -4.26. The van der Waals surface area contributed by atoms with Crippen LogP contribution >= 0.6 is 0 Å². The summed E-state index contributed by atoms with van der Waals surface area (Å²) in [6, 6.07) is -1.17. The fourth-order valence-corrected chi connectivity index (χ4v) is 10.4. The minimum absolute atomic E-state index is 0.0194. The number of aliphatic hydroxyl groups is 2. The Bertz CT molecular complexity index is 1990. The van der Waals surface area contributed by atoms with Crippen LogP contribution in [0.2, 0.25) is 0 Å². The summed E-state index contributed by atoms with van der Waals surface area (Å²) in [6.45, 7) is 10.9. The molecule has 3 aliphatic heterocycles. The number of carbonyl (C=O) groups is 5. The van der Waals surface area contributed by atoms with Crippen molar-refractivity contribution in [2.45, 2.75) is 180 Å². The Labute approximate surface area is 402 Å². The first-order valence-electron chi connectivity index (χ1n) is 24.6. The molecule has 2 saturated heterocycles. The lowest BCUT2D eigenvalue weighted by atomic mass is 9.80. The largest absolute Gasteiger partial charge is 0.460 e. The zero-order chi connectivity index (χ0) is 49.7. The number of rotatable bonds is 7. The summed E-state index contributed by atoms with van der Waals surface area (Å²) >= 11 is 0. The molecule has 17 heteroatoms. The molecule has 0 unspecified atom stereocenters. The molecule has 2 bridgehead atoms. The molecule has 5 rings (SSSR count). The molecule has 14 atom stereocenters. The maximum atomic E-state index is 14.4. The van der Waals surface area contributed by atoms with Gasteiger partial charge in [0.1, 0.15) is 36.5 Å². The molecule has 1 aliphatic carbocycles. The molecule has 68 heavy (non-hydrogen) atoms. The number of nitrogens with zero attached hydrogens (tertiary/aromatic N) is 5. The van der Waals surface area contributed by atoms with E-state index >= 15 is 0 Å². The molecule has 0 radical (unpaired) electrons. The summed E-state index contributed by atoms with van der Waals surface area (Å²) in [5.41, 5.74) is 1.27. The summed E-state index contributed by atoms with van der Waals surface area (Å²) < 4.78 is 31.4. The lowest BCUT2D eigenvalue weighted by Crippen LogP contribution is -2.60. The van der Waals surface area contributed by atoms with E-state index in [0.29, 0.717) is 63.4 Å². The molecular formula is C51H77N5O12. The van der Waals surface area contributed by atoms with Gasteiger partial charge in [0.05, 0.1) is 24.4 Å². The minimum atomic E-state index is -2.43. The molecular weight excluding hydrogens is 875 g/mol. The van der Waals surface area contributed by atoms with Crippen LogP contribution in [-0.4, -0.2) is 141 Å². The highest BCUT2D eigenvalue weighted by atomic mass is 16.6. The minimum Gasteiger partial charge on any atom is -0.460 e. The lowest BCUT2D eigenvalue weighted by molar-refractivity contribution is -0.265. The number of ether oxygens (including phenoxy) is 5. The van der Waals surface area contributed by atoms with E-state index in [0.717, 1.165) is 18.4 Å². The number of aliphatic hydroxyl groups excluding tert-OH is 1. The lowest BCUT2D eigenvalue weighted by Gasteiger charge is -2.42. The number of aromatic nitrogens is 4. The van der Waals surface area contributed by atoms with Crippen molar-refractivity contribution in [3.63, 3.8) is 0 Å². The molecule has 0 spiro atoms. The second-order valence-corrected chi connectivity index (χ2v) is 19.8. The smallest absolute Gasteiger partial charge is 0.329 e. The molecule has 1 aromatic heterocycles. The number of ketones is 3. The number of cyclic esters (lactones) is 1. The normalized spacial score (nSPS) is 38.7. The summed E-state index contributed by atoms with van der Waals surface area (Å²) in [5, 5.41) is 35.1. The molecule has 378 valence electrons. The number of methoxy groups -OCH3 is 3. The van der Waals surface area contributed by atoms with Crippen LogP contribution in [0.1, 0.15) is 131 Å². The predicted octanol–water partition coefficient (Wildman–Crippen LogP) is 5.80. The van der Waals surface area contributed by atoms with Gasteiger partial charge in [-0.3, -0.25) is 19.2 Å². The summed E-state index contributed by atoms with van der Waals surface area (Å²) in [4.78, 5) is 71.9. The SMILES string of the molecule is CO[C@H]1C[C@@H]2CC[C@@H](C)[C@@](O)(O2)C(=O)C(=O)N2CCCC[C@H]2C(=O)O[C@H](CC[C@@H]2CC[C@H](n3cnnn3)[C@H](OC)C2)CC(=O)[C@H](C)/C=C(\C)[C@@H](O)[C@@H](OC)C(=O)[C@H](C)C[C@H](C)/C=C/C=C/C=C/1C. The Morgan fingerprint density at radius 2 is 1.62 bits per heavy atom.